The van der Waals surface area contributed by atoms with Gasteiger partial charge in [-0.25, -0.2) is 18.2 Å². The minimum absolute atomic E-state index is 0.0677. The monoisotopic (exact) mass is 524 g/mol. The van der Waals surface area contributed by atoms with Crippen molar-refractivity contribution < 1.29 is 32.0 Å². The van der Waals surface area contributed by atoms with Gasteiger partial charge in [-0.05, 0) is 56.2 Å². The molecule has 2 aromatic heterocycles. The molecular weight excluding hydrogens is 489 g/mol. The summed E-state index contributed by atoms with van der Waals surface area (Å²) in [4.78, 5) is 18.8. The van der Waals surface area contributed by atoms with Crippen molar-refractivity contribution in [2.24, 2.45) is 0 Å². The molecule has 0 bridgehead atoms. The Kier molecular flexibility index (Phi) is 8.61. The van der Waals surface area contributed by atoms with Crippen molar-refractivity contribution in [2.75, 3.05) is 32.8 Å². The minimum Gasteiger partial charge on any atom is -0.471 e. The number of pyridine rings is 1. The van der Waals surface area contributed by atoms with E-state index >= 15 is 4.39 Å². The predicted octanol–water partition coefficient (Wildman–Crippen LogP) is 4.05. The lowest BCUT2D eigenvalue weighted by molar-refractivity contribution is -0.124. The Morgan fingerprint density at radius 1 is 1.22 bits per heavy atom. The lowest BCUT2D eigenvalue weighted by Crippen LogP contribution is -2.44. The minimum atomic E-state index is -2.91. The summed E-state index contributed by atoms with van der Waals surface area (Å²) in [7, 11) is 0. The van der Waals surface area contributed by atoms with Gasteiger partial charge in [0.2, 0.25) is 5.88 Å². The van der Waals surface area contributed by atoms with E-state index in [0.29, 0.717) is 50.8 Å². The highest BCUT2D eigenvalue weighted by molar-refractivity contribution is 5.77. The van der Waals surface area contributed by atoms with E-state index in [2.05, 4.69) is 20.4 Å². The van der Waals surface area contributed by atoms with E-state index in [4.69, 9.17) is 14.0 Å². The third-order valence-corrected chi connectivity index (χ3v) is 6.96. The summed E-state index contributed by atoms with van der Waals surface area (Å²) < 4.78 is 57.1. The second-order valence-electron chi connectivity index (χ2n) is 10.3. The molecule has 0 atom stereocenters. The first-order chi connectivity index (χ1) is 17.6. The number of fused-ring (bicyclic) bond motifs is 1. The maximum absolute atomic E-state index is 15.5. The molecule has 0 spiro atoms. The molecule has 0 aromatic carbocycles. The van der Waals surface area contributed by atoms with Gasteiger partial charge >= 0.3 is 0 Å². The van der Waals surface area contributed by atoms with E-state index in [1.807, 2.05) is 6.07 Å². The topological polar surface area (TPSA) is 89.7 Å². The predicted molar refractivity (Wildman–Crippen MR) is 130 cm³/mol. The molecule has 8 nitrogen and oxygen atoms in total. The van der Waals surface area contributed by atoms with Crippen molar-refractivity contribution in [2.45, 2.75) is 76.4 Å². The molecule has 0 radical (unpaired) electrons. The molecule has 1 N–H and O–H groups in total. The van der Waals surface area contributed by atoms with Gasteiger partial charge in [0.25, 0.3) is 17.7 Å². The summed E-state index contributed by atoms with van der Waals surface area (Å²) in [5.74, 6) is -2.10. The summed E-state index contributed by atoms with van der Waals surface area (Å²) in [6.45, 7) is 3.85. The van der Waals surface area contributed by atoms with Gasteiger partial charge in [0.05, 0.1) is 0 Å². The smallest absolute Gasteiger partial charge is 0.278 e. The molecule has 0 saturated heterocycles. The van der Waals surface area contributed by atoms with Crippen LogP contribution in [-0.4, -0.2) is 71.4 Å². The molecule has 2 aromatic rings. The Hall–Kier alpha value is -2.82. The average Bonchev–Trinajstić information content (AvgIpc) is 3.16. The fourth-order valence-electron chi connectivity index (χ4n) is 4.82. The molecule has 4 rings (SSSR count). The highest BCUT2D eigenvalue weighted by atomic mass is 19.3. The number of aryl methyl sites for hydroxylation is 1. The van der Waals surface area contributed by atoms with E-state index < -0.39 is 18.2 Å². The van der Waals surface area contributed by atoms with Gasteiger partial charge in [0.1, 0.15) is 11.4 Å². The molecule has 1 aliphatic heterocycles. The van der Waals surface area contributed by atoms with E-state index in [1.165, 1.54) is 0 Å². The molecule has 1 aliphatic carbocycles. The van der Waals surface area contributed by atoms with E-state index in [-0.39, 0.29) is 30.3 Å². The van der Waals surface area contributed by atoms with Crippen molar-refractivity contribution in [1.82, 2.24) is 20.4 Å². The average molecular weight is 525 g/mol. The number of nitrogens with zero attached hydrogens (tertiary/aromatic N) is 3. The van der Waals surface area contributed by atoms with Gasteiger partial charge < -0.3 is 24.2 Å². The third-order valence-electron chi connectivity index (χ3n) is 6.96. The number of carbonyl (C=O) groups excluding carboxylic acids is 1. The molecule has 2 aliphatic rings. The van der Waals surface area contributed by atoms with Crippen LogP contribution in [0.4, 0.5) is 13.2 Å². The maximum atomic E-state index is 15.5. The van der Waals surface area contributed by atoms with E-state index in [9.17, 15) is 13.6 Å². The van der Waals surface area contributed by atoms with Gasteiger partial charge in [-0.1, -0.05) is 6.07 Å². The van der Waals surface area contributed by atoms with Crippen LogP contribution >= 0.6 is 0 Å². The number of rotatable bonds is 10. The van der Waals surface area contributed by atoms with Crippen LogP contribution < -0.4 is 14.8 Å². The fraction of sp³-hybridized carbons (Fsp3) is 0.654. The molecule has 1 saturated carbocycles. The molecule has 204 valence electrons. The highest BCUT2D eigenvalue weighted by Crippen LogP contribution is 2.35. The van der Waals surface area contributed by atoms with Gasteiger partial charge in [-0.15, -0.1) is 0 Å². The molecule has 0 unspecified atom stereocenters. The van der Waals surface area contributed by atoms with Crippen LogP contribution in [0.1, 0.15) is 56.0 Å². The molecule has 1 fully saturated rings. The SMILES string of the molecule is Cc1cc(OCC(=O)N[C@H]2CC[C@](F)(CCN3CCc4ccc(OCC(C)(F)F)nc4CC3)CC2)no1. The van der Waals surface area contributed by atoms with Crippen LogP contribution in [0.15, 0.2) is 22.7 Å². The summed E-state index contributed by atoms with van der Waals surface area (Å²) in [6, 6.07) is 5.06. The largest absolute Gasteiger partial charge is 0.471 e. The first-order valence-electron chi connectivity index (χ1n) is 12.8. The summed E-state index contributed by atoms with van der Waals surface area (Å²) in [6.07, 6.45) is 3.85. The lowest BCUT2D eigenvalue weighted by Gasteiger charge is -2.35. The molecule has 3 heterocycles. The Bertz CT molecular complexity index is 1050. The van der Waals surface area contributed by atoms with Gasteiger partial charge in [0.15, 0.2) is 13.2 Å². The quantitative estimate of drug-likeness (QED) is 0.502. The lowest BCUT2D eigenvalue weighted by atomic mass is 9.81. The van der Waals surface area contributed by atoms with Crippen LogP contribution in [0, 0.1) is 6.92 Å². The van der Waals surface area contributed by atoms with Crippen LogP contribution in [0.2, 0.25) is 0 Å². The first-order valence-corrected chi connectivity index (χ1v) is 12.8. The van der Waals surface area contributed by atoms with Crippen molar-refractivity contribution in [3.8, 4) is 11.8 Å². The number of hydrogen-bond acceptors (Lipinski definition) is 7. The number of halogens is 3. The maximum Gasteiger partial charge on any atom is 0.278 e. The van der Waals surface area contributed by atoms with Crippen LogP contribution in [0.3, 0.4) is 0 Å². The van der Waals surface area contributed by atoms with Crippen molar-refractivity contribution in [3.05, 3.63) is 35.2 Å². The zero-order chi connectivity index (χ0) is 26.5. The number of carbonyl (C=O) groups is 1. The van der Waals surface area contributed by atoms with Crippen LogP contribution in [0.5, 0.6) is 11.8 Å². The number of aromatic nitrogens is 2. The first kappa shape index (κ1) is 27.2. The molecular formula is C26H35F3N4O4. The Labute approximate surface area is 214 Å². The van der Waals surface area contributed by atoms with E-state index in [0.717, 1.165) is 37.7 Å². The Morgan fingerprint density at radius 2 is 1.97 bits per heavy atom. The zero-order valence-corrected chi connectivity index (χ0v) is 21.4. The number of hydrogen-bond donors (Lipinski definition) is 1. The molecule has 37 heavy (non-hydrogen) atoms. The normalized spacial score (nSPS) is 22.7. The van der Waals surface area contributed by atoms with Crippen molar-refractivity contribution in [1.29, 1.82) is 0 Å². The van der Waals surface area contributed by atoms with Crippen molar-refractivity contribution >= 4 is 5.91 Å². The van der Waals surface area contributed by atoms with E-state index in [1.54, 1.807) is 19.1 Å². The Morgan fingerprint density at radius 3 is 2.68 bits per heavy atom. The summed E-state index contributed by atoms with van der Waals surface area (Å²) in [5.41, 5.74) is 0.681. The zero-order valence-electron chi connectivity index (χ0n) is 21.4. The summed E-state index contributed by atoms with van der Waals surface area (Å²) >= 11 is 0. The van der Waals surface area contributed by atoms with Gasteiger partial charge in [0, 0.05) is 56.8 Å². The van der Waals surface area contributed by atoms with Gasteiger partial charge in [-0.2, -0.15) is 0 Å². The molecule has 1 amide bonds. The Balaban J connectivity index is 1.17. The van der Waals surface area contributed by atoms with Crippen molar-refractivity contribution in [3.63, 3.8) is 0 Å². The second kappa shape index (κ2) is 11.7. The third kappa shape index (κ3) is 8.34. The number of amides is 1. The number of ether oxygens (including phenoxy) is 2. The highest BCUT2D eigenvalue weighted by Gasteiger charge is 2.36. The van der Waals surface area contributed by atoms with Crippen LogP contribution in [-0.2, 0) is 17.6 Å². The summed E-state index contributed by atoms with van der Waals surface area (Å²) in [5, 5.41) is 6.61. The fourth-order valence-corrected chi connectivity index (χ4v) is 4.82. The van der Waals surface area contributed by atoms with Gasteiger partial charge in [-0.3, -0.25) is 4.79 Å². The van der Waals surface area contributed by atoms with Crippen LogP contribution in [0.25, 0.3) is 0 Å². The second-order valence-corrected chi connectivity index (χ2v) is 10.3. The number of alkyl halides is 3. The standard InChI is InChI=1S/C26H35F3N4O4/c1-18-15-24(32-37-18)35-16-22(34)30-20-5-9-26(29,10-6-20)11-14-33-12-7-19-3-4-23(31-21(19)8-13-33)36-17-25(2,27)28/h3-4,15,20H,5-14,16-17H2,1-2H3,(H,30,34)/t20-,26+. The number of nitrogens with one attached hydrogen (secondary N) is 1. The molecule has 11 heteroatoms.